The molecule has 6 heteroatoms. The van der Waals surface area contributed by atoms with Gasteiger partial charge < -0.3 is 10.1 Å². The van der Waals surface area contributed by atoms with Crippen molar-refractivity contribution in [1.82, 2.24) is 20.3 Å². The Bertz CT molecular complexity index is 568. The predicted molar refractivity (Wildman–Crippen MR) is 71.8 cm³/mol. The first-order chi connectivity index (χ1) is 9.81. The third-order valence-corrected chi connectivity index (χ3v) is 3.15. The molecule has 20 heavy (non-hydrogen) atoms. The van der Waals surface area contributed by atoms with Gasteiger partial charge in [-0.2, -0.15) is 0 Å². The summed E-state index contributed by atoms with van der Waals surface area (Å²) in [6, 6.07) is 7.03. The van der Waals surface area contributed by atoms with Gasteiger partial charge in [-0.05, 0) is 25.0 Å². The monoisotopic (exact) mass is 276 g/mol. The maximum absolute atomic E-state index is 13.3. The molecular weight excluding hydrogens is 259 g/mol. The minimum Gasteiger partial charge on any atom is -0.489 e. The minimum atomic E-state index is -0.347. The van der Waals surface area contributed by atoms with Crippen LogP contribution in [-0.4, -0.2) is 27.6 Å². The number of benzene rings is 1. The lowest BCUT2D eigenvalue weighted by Crippen LogP contribution is -2.15. The number of nitrogens with one attached hydrogen (secondary N) is 1. The Morgan fingerprint density at radius 1 is 1.35 bits per heavy atom. The predicted octanol–water partition coefficient (Wildman–Crippen LogP) is 1.75. The molecular formula is C14H17FN4O. The zero-order valence-electron chi connectivity index (χ0n) is 11.1. The first-order valence-corrected chi connectivity index (χ1v) is 6.81. The Morgan fingerprint density at radius 2 is 2.20 bits per heavy atom. The zero-order valence-corrected chi connectivity index (χ0v) is 11.1. The number of nitrogens with zero attached hydrogens (tertiary/aromatic N) is 3. The van der Waals surface area contributed by atoms with E-state index < -0.39 is 0 Å². The summed E-state index contributed by atoms with van der Waals surface area (Å²) in [5, 5.41) is 11.5. The van der Waals surface area contributed by atoms with E-state index in [1.54, 1.807) is 22.9 Å². The third kappa shape index (κ3) is 3.54. The average molecular weight is 276 g/mol. The fourth-order valence-corrected chi connectivity index (χ4v) is 1.88. The largest absolute Gasteiger partial charge is 0.489 e. The molecule has 0 amide bonds. The molecule has 5 nitrogen and oxygen atoms in total. The highest BCUT2D eigenvalue weighted by Crippen LogP contribution is 2.19. The molecule has 0 atom stereocenters. The summed E-state index contributed by atoms with van der Waals surface area (Å²) in [5.41, 5.74) is 0.919. The molecule has 1 N–H and O–H groups in total. The van der Waals surface area contributed by atoms with Crippen molar-refractivity contribution >= 4 is 0 Å². The van der Waals surface area contributed by atoms with E-state index in [0.29, 0.717) is 19.2 Å². The molecule has 0 spiro atoms. The van der Waals surface area contributed by atoms with Gasteiger partial charge in [0.2, 0.25) is 0 Å². The molecule has 1 heterocycles. The van der Waals surface area contributed by atoms with Crippen LogP contribution in [-0.2, 0) is 13.1 Å². The summed E-state index contributed by atoms with van der Waals surface area (Å²) in [4.78, 5) is 0. The molecule has 1 aromatic carbocycles. The molecule has 0 aliphatic heterocycles. The smallest absolute Gasteiger partial charge is 0.165 e. The molecule has 1 fully saturated rings. The van der Waals surface area contributed by atoms with Gasteiger partial charge in [0.25, 0.3) is 0 Å². The molecule has 0 saturated heterocycles. The summed E-state index contributed by atoms with van der Waals surface area (Å²) >= 11 is 0. The number of rotatable bonds is 7. The van der Waals surface area contributed by atoms with Crippen molar-refractivity contribution in [2.75, 3.05) is 6.61 Å². The van der Waals surface area contributed by atoms with Gasteiger partial charge in [-0.3, -0.25) is 0 Å². The van der Waals surface area contributed by atoms with Crippen LogP contribution >= 0.6 is 0 Å². The van der Waals surface area contributed by atoms with Crippen LogP contribution in [0.15, 0.2) is 30.5 Å². The van der Waals surface area contributed by atoms with Crippen LogP contribution in [0.1, 0.15) is 18.5 Å². The van der Waals surface area contributed by atoms with Gasteiger partial charge in [-0.15, -0.1) is 5.10 Å². The summed E-state index contributed by atoms with van der Waals surface area (Å²) < 4.78 is 20.4. The lowest BCUT2D eigenvalue weighted by Gasteiger charge is -2.06. The quantitative estimate of drug-likeness (QED) is 0.837. The Labute approximate surface area is 116 Å². The van der Waals surface area contributed by atoms with E-state index in [4.69, 9.17) is 4.74 Å². The van der Waals surface area contributed by atoms with Gasteiger partial charge in [0, 0.05) is 18.8 Å². The van der Waals surface area contributed by atoms with Gasteiger partial charge in [-0.1, -0.05) is 17.3 Å². The van der Waals surface area contributed by atoms with Gasteiger partial charge in [-0.25, -0.2) is 9.07 Å². The molecule has 1 aromatic heterocycles. The van der Waals surface area contributed by atoms with Crippen molar-refractivity contribution in [3.63, 3.8) is 0 Å². The molecule has 1 aliphatic rings. The van der Waals surface area contributed by atoms with Crippen molar-refractivity contribution in [3.05, 3.63) is 42.0 Å². The Hall–Kier alpha value is -1.95. The second kappa shape index (κ2) is 6.00. The lowest BCUT2D eigenvalue weighted by molar-refractivity contribution is 0.277. The zero-order chi connectivity index (χ0) is 13.8. The van der Waals surface area contributed by atoms with Crippen molar-refractivity contribution in [2.45, 2.75) is 32.0 Å². The summed E-state index contributed by atoms with van der Waals surface area (Å²) in [6.07, 6.45) is 4.40. The standard InChI is InChI=1S/C14H17FN4O/c15-13-3-1-2-4-14(13)20-8-7-19-10-12(17-18-19)9-16-11-5-6-11/h1-4,10-11,16H,5-9H2. The maximum atomic E-state index is 13.3. The number of para-hydroxylation sites is 1. The Balaban J connectivity index is 1.45. The fraction of sp³-hybridized carbons (Fsp3) is 0.429. The summed E-state index contributed by atoms with van der Waals surface area (Å²) in [5.74, 6) is -0.0800. The SMILES string of the molecule is Fc1ccccc1OCCn1cc(CNC2CC2)nn1. The number of ether oxygens (including phenoxy) is 1. The highest BCUT2D eigenvalue weighted by Gasteiger charge is 2.20. The van der Waals surface area contributed by atoms with E-state index in [9.17, 15) is 4.39 Å². The minimum absolute atomic E-state index is 0.267. The van der Waals surface area contributed by atoms with Gasteiger partial charge >= 0.3 is 0 Å². The van der Waals surface area contributed by atoms with Crippen molar-refractivity contribution in [3.8, 4) is 5.75 Å². The Morgan fingerprint density at radius 3 is 3.00 bits per heavy atom. The van der Waals surface area contributed by atoms with Crippen molar-refractivity contribution in [2.24, 2.45) is 0 Å². The topological polar surface area (TPSA) is 52.0 Å². The van der Waals surface area contributed by atoms with Crippen molar-refractivity contribution in [1.29, 1.82) is 0 Å². The van der Waals surface area contributed by atoms with Crippen LogP contribution in [0.2, 0.25) is 0 Å². The van der Waals surface area contributed by atoms with Crippen LogP contribution in [0.25, 0.3) is 0 Å². The number of aromatic nitrogens is 3. The Kier molecular flexibility index (Phi) is 3.92. The maximum Gasteiger partial charge on any atom is 0.165 e. The van der Waals surface area contributed by atoms with Crippen LogP contribution < -0.4 is 10.1 Å². The third-order valence-electron chi connectivity index (χ3n) is 3.15. The fourth-order valence-electron chi connectivity index (χ4n) is 1.88. The van der Waals surface area contributed by atoms with Crippen LogP contribution in [0.4, 0.5) is 4.39 Å². The molecule has 3 rings (SSSR count). The normalized spacial score (nSPS) is 14.4. The van der Waals surface area contributed by atoms with Gasteiger partial charge in [0.1, 0.15) is 6.61 Å². The molecule has 1 aliphatic carbocycles. The van der Waals surface area contributed by atoms with E-state index in [0.717, 1.165) is 12.2 Å². The molecule has 0 radical (unpaired) electrons. The van der Waals surface area contributed by atoms with Crippen molar-refractivity contribution < 1.29 is 9.13 Å². The van der Waals surface area contributed by atoms with Crippen LogP contribution in [0.3, 0.4) is 0 Å². The summed E-state index contributed by atoms with van der Waals surface area (Å²) in [7, 11) is 0. The highest BCUT2D eigenvalue weighted by atomic mass is 19.1. The van der Waals surface area contributed by atoms with E-state index in [-0.39, 0.29) is 11.6 Å². The van der Waals surface area contributed by atoms with Gasteiger partial charge in [0.05, 0.1) is 12.2 Å². The molecule has 0 bridgehead atoms. The second-order valence-electron chi connectivity index (χ2n) is 4.91. The van der Waals surface area contributed by atoms with E-state index >= 15 is 0 Å². The molecule has 106 valence electrons. The van der Waals surface area contributed by atoms with Crippen LogP contribution in [0, 0.1) is 5.82 Å². The molecule has 2 aromatic rings. The van der Waals surface area contributed by atoms with E-state index in [1.807, 2.05) is 6.20 Å². The van der Waals surface area contributed by atoms with Gasteiger partial charge in [0.15, 0.2) is 11.6 Å². The molecule has 0 unspecified atom stereocenters. The second-order valence-corrected chi connectivity index (χ2v) is 4.91. The lowest BCUT2D eigenvalue weighted by atomic mass is 10.3. The number of halogens is 1. The number of hydrogen-bond acceptors (Lipinski definition) is 4. The molecule has 1 saturated carbocycles. The average Bonchev–Trinajstić information content (AvgIpc) is 3.18. The summed E-state index contributed by atoms with van der Waals surface area (Å²) in [6.45, 7) is 1.66. The number of hydrogen-bond donors (Lipinski definition) is 1. The van der Waals surface area contributed by atoms with E-state index in [2.05, 4.69) is 15.6 Å². The first kappa shape index (κ1) is 13.1. The van der Waals surface area contributed by atoms with E-state index in [1.165, 1.54) is 18.9 Å². The highest BCUT2D eigenvalue weighted by molar-refractivity contribution is 5.23. The van der Waals surface area contributed by atoms with Crippen LogP contribution in [0.5, 0.6) is 5.75 Å². The first-order valence-electron chi connectivity index (χ1n) is 6.81.